The van der Waals surface area contributed by atoms with Gasteiger partial charge >= 0.3 is 0 Å². The first-order chi connectivity index (χ1) is 8.53. The molecule has 0 aliphatic carbocycles. The molecular weight excluding hydrogens is 258 g/mol. The molecule has 2 heterocycles. The number of aliphatic hydroxyl groups excluding tert-OH is 1. The van der Waals surface area contributed by atoms with Crippen molar-refractivity contribution in [1.29, 1.82) is 0 Å². The first-order valence-corrected chi connectivity index (χ1v) is 6.69. The Morgan fingerprint density at radius 3 is 2.89 bits per heavy atom. The monoisotopic (exact) mass is 271 g/mol. The SMILES string of the molecule is Cc1oc(CO)cc1S(=O)(=O)NCc1ncc[nH]1. The number of sulfonamides is 1. The highest BCUT2D eigenvalue weighted by atomic mass is 32.2. The highest BCUT2D eigenvalue weighted by Gasteiger charge is 2.21. The van der Waals surface area contributed by atoms with Gasteiger partial charge in [0.05, 0.1) is 6.54 Å². The van der Waals surface area contributed by atoms with E-state index >= 15 is 0 Å². The molecule has 18 heavy (non-hydrogen) atoms. The lowest BCUT2D eigenvalue weighted by atomic mass is 10.4. The van der Waals surface area contributed by atoms with Gasteiger partial charge < -0.3 is 14.5 Å². The molecule has 0 spiro atoms. The summed E-state index contributed by atoms with van der Waals surface area (Å²) in [4.78, 5) is 6.73. The Bertz CT molecular complexity index is 616. The van der Waals surface area contributed by atoms with Gasteiger partial charge in [-0.05, 0) is 6.92 Å². The topological polar surface area (TPSA) is 108 Å². The molecule has 3 N–H and O–H groups in total. The van der Waals surface area contributed by atoms with E-state index in [0.29, 0.717) is 5.82 Å². The predicted molar refractivity (Wildman–Crippen MR) is 62.0 cm³/mol. The summed E-state index contributed by atoms with van der Waals surface area (Å²) < 4.78 is 31.5. The average molecular weight is 271 g/mol. The molecule has 0 aliphatic rings. The number of furan rings is 1. The molecule has 2 aromatic heterocycles. The van der Waals surface area contributed by atoms with E-state index in [1.54, 1.807) is 6.20 Å². The van der Waals surface area contributed by atoms with Gasteiger partial charge in [-0.1, -0.05) is 0 Å². The summed E-state index contributed by atoms with van der Waals surface area (Å²) in [6, 6.07) is 1.31. The van der Waals surface area contributed by atoms with Crippen LogP contribution in [-0.4, -0.2) is 23.5 Å². The zero-order chi connectivity index (χ0) is 13.2. The van der Waals surface area contributed by atoms with E-state index in [2.05, 4.69) is 14.7 Å². The van der Waals surface area contributed by atoms with Crippen LogP contribution < -0.4 is 4.72 Å². The van der Waals surface area contributed by atoms with Crippen LogP contribution in [0.3, 0.4) is 0 Å². The molecule has 0 aromatic carbocycles. The fourth-order valence-corrected chi connectivity index (χ4v) is 2.69. The number of hydrogen-bond acceptors (Lipinski definition) is 5. The lowest BCUT2D eigenvalue weighted by Gasteiger charge is -2.03. The van der Waals surface area contributed by atoms with Gasteiger partial charge in [0.1, 0.15) is 28.8 Å². The van der Waals surface area contributed by atoms with Crippen LogP contribution in [0, 0.1) is 6.92 Å². The molecule has 0 aliphatic heterocycles. The van der Waals surface area contributed by atoms with Crippen molar-refractivity contribution >= 4 is 10.0 Å². The number of aliphatic hydroxyl groups is 1. The van der Waals surface area contributed by atoms with Gasteiger partial charge in [-0.15, -0.1) is 0 Å². The van der Waals surface area contributed by atoms with Crippen molar-refractivity contribution in [1.82, 2.24) is 14.7 Å². The number of nitrogens with one attached hydrogen (secondary N) is 2. The minimum Gasteiger partial charge on any atom is -0.462 e. The first-order valence-electron chi connectivity index (χ1n) is 5.21. The number of rotatable bonds is 5. The third-order valence-corrected chi connectivity index (χ3v) is 3.86. The summed E-state index contributed by atoms with van der Waals surface area (Å²) in [7, 11) is -3.67. The Labute approximate surface area is 104 Å². The third kappa shape index (κ3) is 2.61. The van der Waals surface area contributed by atoms with E-state index in [1.165, 1.54) is 19.2 Å². The minimum atomic E-state index is -3.67. The molecule has 0 saturated carbocycles. The largest absolute Gasteiger partial charge is 0.462 e. The van der Waals surface area contributed by atoms with Gasteiger partial charge in [-0.2, -0.15) is 0 Å². The van der Waals surface area contributed by atoms with Gasteiger partial charge in [0.2, 0.25) is 10.0 Å². The average Bonchev–Trinajstić information content (AvgIpc) is 2.95. The molecule has 98 valence electrons. The van der Waals surface area contributed by atoms with Crippen molar-refractivity contribution in [3.8, 4) is 0 Å². The number of aromatic nitrogens is 2. The summed E-state index contributed by atoms with van der Waals surface area (Å²) in [6.45, 7) is 1.25. The minimum absolute atomic E-state index is 0.0260. The van der Waals surface area contributed by atoms with Crippen LogP contribution in [0.2, 0.25) is 0 Å². The lowest BCUT2D eigenvalue weighted by Crippen LogP contribution is -2.24. The Hall–Kier alpha value is -1.64. The molecular formula is C10H13N3O4S. The second kappa shape index (κ2) is 4.92. The second-order valence-corrected chi connectivity index (χ2v) is 5.39. The quantitative estimate of drug-likeness (QED) is 0.724. The molecule has 0 atom stereocenters. The predicted octanol–water partition coefficient (Wildman–Crippen LogP) is 0.282. The van der Waals surface area contributed by atoms with Gasteiger partial charge in [0, 0.05) is 18.5 Å². The highest BCUT2D eigenvalue weighted by molar-refractivity contribution is 7.89. The Morgan fingerprint density at radius 1 is 1.56 bits per heavy atom. The summed E-state index contributed by atoms with van der Waals surface area (Å²) in [5, 5.41) is 8.90. The lowest BCUT2D eigenvalue weighted by molar-refractivity contribution is 0.244. The zero-order valence-electron chi connectivity index (χ0n) is 9.67. The number of aromatic amines is 1. The van der Waals surface area contributed by atoms with Gasteiger partial charge in [-0.25, -0.2) is 18.1 Å². The second-order valence-electron chi connectivity index (χ2n) is 3.65. The Balaban J connectivity index is 2.17. The molecule has 0 unspecified atom stereocenters. The summed E-state index contributed by atoms with van der Waals surface area (Å²) in [5.41, 5.74) is 0. The molecule has 2 aromatic rings. The van der Waals surface area contributed by atoms with Crippen LogP contribution in [0.5, 0.6) is 0 Å². The number of aryl methyl sites for hydroxylation is 1. The maximum absolute atomic E-state index is 12.0. The number of hydrogen-bond donors (Lipinski definition) is 3. The highest BCUT2D eigenvalue weighted by Crippen LogP contribution is 2.19. The van der Waals surface area contributed by atoms with Crippen molar-refractivity contribution in [2.24, 2.45) is 0 Å². The van der Waals surface area contributed by atoms with E-state index in [4.69, 9.17) is 9.52 Å². The standard InChI is InChI=1S/C10H13N3O4S/c1-7-9(4-8(6-14)17-7)18(15,16)13-5-10-11-2-3-12-10/h2-4,13-14H,5-6H2,1H3,(H,11,12). The molecule has 0 amide bonds. The molecule has 8 heteroatoms. The Kier molecular flexibility index (Phi) is 3.50. The molecule has 7 nitrogen and oxygen atoms in total. The Morgan fingerprint density at radius 2 is 2.33 bits per heavy atom. The maximum atomic E-state index is 12.0. The summed E-state index contributed by atoms with van der Waals surface area (Å²) in [5.74, 6) is 0.971. The molecule has 2 rings (SSSR count). The van der Waals surface area contributed by atoms with E-state index in [0.717, 1.165) is 0 Å². The van der Waals surface area contributed by atoms with Gasteiger partial charge in [0.15, 0.2) is 0 Å². The van der Waals surface area contributed by atoms with Crippen molar-refractivity contribution in [2.45, 2.75) is 25.0 Å². The van der Waals surface area contributed by atoms with Crippen LogP contribution >= 0.6 is 0 Å². The number of H-pyrrole nitrogens is 1. The molecule has 0 fully saturated rings. The fourth-order valence-electron chi connectivity index (χ4n) is 1.50. The van der Waals surface area contributed by atoms with E-state index in [1.807, 2.05) is 0 Å². The molecule has 0 saturated heterocycles. The summed E-state index contributed by atoms with van der Waals surface area (Å²) >= 11 is 0. The van der Waals surface area contributed by atoms with Crippen molar-refractivity contribution in [3.63, 3.8) is 0 Å². The van der Waals surface area contributed by atoms with Gasteiger partial charge in [0.25, 0.3) is 0 Å². The van der Waals surface area contributed by atoms with E-state index < -0.39 is 10.0 Å². The smallest absolute Gasteiger partial charge is 0.244 e. The van der Waals surface area contributed by atoms with Crippen LogP contribution in [-0.2, 0) is 23.2 Å². The van der Waals surface area contributed by atoms with E-state index in [9.17, 15) is 8.42 Å². The normalized spacial score (nSPS) is 11.9. The molecule has 0 bridgehead atoms. The maximum Gasteiger partial charge on any atom is 0.244 e. The third-order valence-electron chi connectivity index (χ3n) is 2.35. The van der Waals surface area contributed by atoms with Crippen LogP contribution in [0.15, 0.2) is 27.8 Å². The van der Waals surface area contributed by atoms with Crippen LogP contribution in [0.25, 0.3) is 0 Å². The number of nitrogens with zero attached hydrogens (tertiary/aromatic N) is 1. The van der Waals surface area contributed by atoms with Crippen LogP contribution in [0.4, 0.5) is 0 Å². The van der Waals surface area contributed by atoms with Crippen molar-refractivity contribution < 1.29 is 17.9 Å². The van der Waals surface area contributed by atoms with Gasteiger partial charge in [-0.3, -0.25) is 0 Å². The summed E-state index contributed by atoms with van der Waals surface area (Å²) in [6.07, 6.45) is 3.15. The van der Waals surface area contributed by atoms with Crippen molar-refractivity contribution in [3.05, 3.63) is 35.8 Å². The van der Waals surface area contributed by atoms with Crippen LogP contribution in [0.1, 0.15) is 17.3 Å². The fraction of sp³-hybridized carbons (Fsp3) is 0.300. The molecule has 0 radical (unpaired) electrons. The first kappa shape index (κ1) is 12.8. The van der Waals surface area contributed by atoms with Crippen molar-refractivity contribution in [2.75, 3.05) is 0 Å². The van der Waals surface area contributed by atoms with E-state index in [-0.39, 0.29) is 29.6 Å². The zero-order valence-corrected chi connectivity index (χ0v) is 10.5. The number of imidazole rings is 1.